The normalized spacial score (nSPS) is 10.1. The van der Waals surface area contributed by atoms with Crippen LogP contribution < -0.4 is 5.32 Å². The maximum atomic E-state index is 11.5. The Morgan fingerprint density at radius 1 is 1.50 bits per heavy atom. The molecule has 4 nitrogen and oxygen atoms in total. The molecule has 0 spiro atoms. The highest BCUT2D eigenvalue weighted by Crippen LogP contribution is 2.17. The lowest BCUT2D eigenvalue weighted by Crippen LogP contribution is -2.10. The van der Waals surface area contributed by atoms with Crippen molar-refractivity contribution in [3.8, 4) is 0 Å². The summed E-state index contributed by atoms with van der Waals surface area (Å²) in [6.07, 6.45) is 3.33. The molecule has 2 aromatic heterocycles. The number of aromatic nitrogens is 2. The molecule has 2 rings (SSSR count). The second-order valence-electron chi connectivity index (χ2n) is 2.57. The molecule has 0 aliphatic carbocycles. The van der Waals surface area contributed by atoms with Crippen molar-refractivity contribution in [3.05, 3.63) is 27.7 Å². The van der Waals surface area contributed by atoms with Crippen molar-refractivity contribution in [1.29, 1.82) is 0 Å². The summed E-state index contributed by atoms with van der Waals surface area (Å²) in [7, 11) is 0. The molecule has 0 bridgehead atoms. The van der Waals surface area contributed by atoms with Crippen LogP contribution in [-0.2, 0) is 0 Å². The SMILES string of the molecule is Cc1cnc(NC(=O)c2nccs2)s1. The van der Waals surface area contributed by atoms with E-state index in [4.69, 9.17) is 0 Å². The maximum Gasteiger partial charge on any atom is 0.286 e. The minimum atomic E-state index is -0.200. The fourth-order valence-corrected chi connectivity index (χ4v) is 2.09. The van der Waals surface area contributed by atoms with E-state index in [1.807, 2.05) is 6.92 Å². The first-order chi connectivity index (χ1) is 6.75. The van der Waals surface area contributed by atoms with Crippen LogP contribution in [0.2, 0.25) is 0 Å². The van der Waals surface area contributed by atoms with Crippen molar-refractivity contribution in [2.75, 3.05) is 5.32 Å². The Balaban J connectivity index is 2.09. The number of amides is 1. The van der Waals surface area contributed by atoms with Gasteiger partial charge in [-0.05, 0) is 6.92 Å². The van der Waals surface area contributed by atoms with Crippen molar-refractivity contribution < 1.29 is 4.79 Å². The second kappa shape index (κ2) is 3.85. The van der Waals surface area contributed by atoms with Gasteiger partial charge >= 0.3 is 0 Å². The van der Waals surface area contributed by atoms with Crippen LogP contribution >= 0.6 is 22.7 Å². The summed E-state index contributed by atoms with van der Waals surface area (Å²) in [5, 5.41) is 5.52. The minimum absolute atomic E-state index is 0.200. The molecule has 0 aliphatic heterocycles. The molecule has 0 aliphatic rings. The minimum Gasteiger partial charge on any atom is -0.296 e. The van der Waals surface area contributed by atoms with Crippen LogP contribution in [0.3, 0.4) is 0 Å². The monoisotopic (exact) mass is 225 g/mol. The summed E-state index contributed by atoms with van der Waals surface area (Å²) in [5.41, 5.74) is 0. The van der Waals surface area contributed by atoms with E-state index in [1.165, 1.54) is 22.7 Å². The number of hydrogen-bond donors (Lipinski definition) is 1. The van der Waals surface area contributed by atoms with E-state index >= 15 is 0 Å². The smallest absolute Gasteiger partial charge is 0.286 e. The Bertz CT molecular complexity index is 435. The van der Waals surface area contributed by atoms with Crippen LogP contribution in [0, 0.1) is 6.92 Å². The van der Waals surface area contributed by atoms with Crippen LogP contribution in [0.15, 0.2) is 17.8 Å². The number of rotatable bonds is 2. The first-order valence-corrected chi connectivity index (χ1v) is 5.58. The molecule has 2 aromatic rings. The average molecular weight is 225 g/mol. The molecule has 1 amide bonds. The molecule has 6 heteroatoms. The Hall–Kier alpha value is -1.27. The zero-order valence-electron chi connectivity index (χ0n) is 7.35. The van der Waals surface area contributed by atoms with E-state index in [2.05, 4.69) is 15.3 Å². The van der Waals surface area contributed by atoms with Crippen LogP contribution in [0.5, 0.6) is 0 Å². The Morgan fingerprint density at radius 3 is 2.93 bits per heavy atom. The number of anilines is 1. The fraction of sp³-hybridized carbons (Fsp3) is 0.125. The van der Waals surface area contributed by atoms with Crippen molar-refractivity contribution in [3.63, 3.8) is 0 Å². The lowest BCUT2D eigenvalue weighted by molar-refractivity contribution is 0.102. The summed E-state index contributed by atoms with van der Waals surface area (Å²) in [6.45, 7) is 1.94. The average Bonchev–Trinajstić information content (AvgIpc) is 2.75. The van der Waals surface area contributed by atoms with Gasteiger partial charge in [-0.3, -0.25) is 10.1 Å². The molecular formula is C8H7N3OS2. The van der Waals surface area contributed by atoms with Crippen molar-refractivity contribution in [2.45, 2.75) is 6.92 Å². The summed E-state index contributed by atoms with van der Waals surface area (Å²) in [4.78, 5) is 20.5. The van der Waals surface area contributed by atoms with Gasteiger partial charge in [-0.2, -0.15) is 0 Å². The number of thiazole rings is 2. The largest absolute Gasteiger partial charge is 0.296 e. The highest BCUT2D eigenvalue weighted by molar-refractivity contribution is 7.16. The highest BCUT2D eigenvalue weighted by Gasteiger charge is 2.09. The van der Waals surface area contributed by atoms with Gasteiger partial charge < -0.3 is 0 Å². The Kier molecular flexibility index (Phi) is 2.55. The van der Waals surface area contributed by atoms with Crippen LogP contribution in [0.25, 0.3) is 0 Å². The van der Waals surface area contributed by atoms with Gasteiger partial charge in [-0.15, -0.1) is 22.7 Å². The van der Waals surface area contributed by atoms with Crippen molar-refractivity contribution in [2.24, 2.45) is 0 Å². The van der Waals surface area contributed by atoms with Crippen LogP contribution in [-0.4, -0.2) is 15.9 Å². The standard InChI is InChI=1S/C8H7N3OS2/c1-5-4-10-8(14-5)11-6(12)7-9-2-3-13-7/h2-4H,1H3,(H,10,11,12). The van der Waals surface area contributed by atoms with Gasteiger partial charge in [0, 0.05) is 22.7 Å². The summed E-state index contributed by atoms with van der Waals surface area (Å²) >= 11 is 2.76. The third kappa shape index (κ3) is 1.97. The zero-order valence-corrected chi connectivity index (χ0v) is 8.98. The number of hydrogen-bond acceptors (Lipinski definition) is 5. The number of carbonyl (C=O) groups is 1. The fourth-order valence-electron chi connectivity index (χ4n) is 0.899. The van der Waals surface area contributed by atoms with Crippen LogP contribution in [0.4, 0.5) is 5.13 Å². The third-order valence-electron chi connectivity index (χ3n) is 1.47. The highest BCUT2D eigenvalue weighted by atomic mass is 32.1. The van der Waals surface area contributed by atoms with Crippen molar-refractivity contribution in [1.82, 2.24) is 9.97 Å². The summed E-state index contributed by atoms with van der Waals surface area (Å²) in [6, 6.07) is 0. The topological polar surface area (TPSA) is 54.9 Å². The maximum absolute atomic E-state index is 11.5. The van der Waals surface area contributed by atoms with Gasteiger partial charge in [0.05, 0.1) is 0 Å². The van der Waals surface area contributed by atoms with Gasteiger partial charge in [-0.25, -0.2) is 9.97 Å². The molecular weight excluding hydrogens is 218 g/mol. The third-order valence-corrected chi connectivity index (χ3v) is 3.07. The first kappa shape index (κ1) is 9.29. The van der Waals surface area contributed by atoms with Crippen LogP contribution in [0.1, 0.15) is 14.7 Å². The molecule has 14 heavy (non-hydrogen) atoms. The first-order valence-electron chi connectivity index (χ1n) is 3.89. The van der Waals surface area contributed by atoms with Gasteiger partial charge in [0.25, 0.3) is 5.91 Å². The molecule has 0 saturated heterocycles. The molecule has 0 aromatic carbocycles. The van der Waals surface area contributed by atoms with E-state index in [0.717, 1.165) is 4.88 Å². The molecule has 0 saturated carbocycles. The van der Waals surface area contributed by atoms with Crippen molar-refractivity contribution >= 4 is 33.7 Å². The summed E-state index contributed by atoms with van der Waals surface area (Å²) in [5.74, 6) is -0.200. The molecule has 1 N–H and O–H groups in total. The molecule has 72 valence electrons. The Morgan fingerprint density at radius 2 is 2.36 bits per heavy atom. The van der Waals surface area contributed by atoms with Gasteiger partial charge in [0.2, 0.25) is 0 Å². The predicted molar refractivity (Wildman–Crippen MR) is 56.9 cm³/mol. The predicted octanol–water partition coefficient (Wildman–Crippen LogP) is 2.16. The molecule has 0 fully saturated rings. The van der Waals surface area contributed by atoms with E-state index < -0.39 is 0 Å². The lowest BCUT2D eigenvalue weighted by Gasteiger charge is -1.95. The molecule has 2 heterocycles. The molecule has 0 unspecified atom stereocenters. The van der Waals surface area contributed by atoms with E-state index in [9.17, 15) is 4.79 Å². The summed E-state index contributed by atoms with van der Waals surface area (Å²) < 4.78 is 0. The second-order valence-corrected chi connectivity index (χ2v) is 4.70. The molecule has 0 radical (unpaired) electrons. The number of nitrogens with one attached hydrogen (secondary N) is 1. The number of carbonyl (C=O) groups excluding carboxylic acids is 1. The molecule has 0 atom stereocenters. The van der Waals surface area contributed by atoms with Gasteiger partial charge in [0.15, 0.2) is 10.1 Å². The number of nitrogens with zero attached hydrogens (tertiary/aromatic N) is 2. The lowest BCUT2D eigenvalue weighted by atomic mass is 10.6. The van der Waals surface area contributed by atoms with Gasteiger partial charge in [-0.1, -0.05) is 0 Å². The Labute approximate surface area is 88.6 Å². The van der Waals surface area contributed by atoms with E-state index in [-0.39, 0.29) is 5.91 Å². The van der Waals surface area contributed by atoms with Gasteiger partial charge in [0.1, 0.15) is 0 Å². The zero-order chi connectivity index (χ0) is 9.97. The van der Waals surface area contributed by atoms with E-state index in [1.54, 1.807) is 17.8 Å². The number of aryl methyl sites for hydroxylation is 1. The van der Waals surface area contributed by atoms with E-state index in [0.29, 0.717) is 10.1 Å². The quantitative estimate of drug-likeness (QED) is 0.852.